The van der Waals surface area contributed by atoms with Crippen molar-refractivity contribution in [2.24, 2.45) is 0 Å². The molecule has 0 aliphatic rings. The second-order valence-electron chi connectivity index (χ2n) is 3.88. The predicted octanol–water partition coefficient (Wildman–Crippen LogP) is 2.43. The van der Waals surface area contributed by atoms with Crippen molar-refractivity contribution >= 4 is 21.9 Å². The highest BCUT2D eigenvalue weighted by molar-refractivity contribution is 9.10. The van der Waals surface area contributed by atoms with Crippen molar-refractivity contribution in [2.45, 2.75) is 25.3 Å². The maximum absolute atomic E-state index is 12.5. The minimum absolute atomic E-state index is 0.0107. The molecule has 1 aromatic rings. The van der Waals surface area contributed by atoms with Gasteiger partial charge in [-0.15, -0.1) is 0 Å². The minimum Gasteiger partial charge on any atom is -0.464 e. The quantitative estimate of drug-likeness (QED) is 0.813. The second-order valence-corrected chi connectivity index (χ2v) is 4.73. The number of aliphatic hydroxyl groups is 2. The van der Waals surface area contributed by atoms with Crippen LogP contribution in [-0.2, 0) is 15.7 Å². The lowest BCUT2D eigenvalue weighted by Gasteiger charge is -2.18. The zero-order valence-electron chi connectivity index (χ0n) is 10.3. The third-order valence-corrected chi connectivity index (χ3v) is 3.16. The van der Waals surface area contributed by atoms with Crippen molar-refractivity contribution in [3.05, 3.63) is 33.8 Å². The SMILES string of the molecule is CCOC(=O)C(O)C(O)c1ccc(C(F)(F)F)cc1Br. The van der Waals surface area contributed by atoms with Gasteiger partial charge in [-0.2, -0.15) is 13.2 Å². The normalized spacial score (nSPS) is 14.8. The molecule has 0 aliphatic carbocycles. The van der Waals surface area contributed by atoms with Crippen LogP contribution in [0, 0.1) is 0 Å². The van der Waals surface area contributed by atoms with Gasteiger partial charge in [-0.25, -0.2) is 4.79 Å². The van der Waals surface area contributed by atoms with E-state index in [1.165, 1.54) is 6.92 Å². The first-order chi connectivity index (χ1) is 9.18. The summed E-state index contributed by atoms with van der Waals surface area (Å²) in [6.07, 6.45) is -8.08. The fourth-order valence-electron chi connectivity index (χ4n) is 1.47. The van der Waals surface area contributed by atoms with Gasteiger partial charge in [0.1, 0.15) is 6.10 Å². The molecule has 2 unspecified atom stereocenters. The molecule has 4 nitrogen and oxygen atoms in total. The maximum atomic E-state index is 12.5. The molecule has 0 saturated heterocycles. The summed E-state index contributed by atoms with van der Waals surface area (Å²) in [5.41, 5.74) is -0.954. The number of halogens is 4. The molecule has 1 rings (SSSR count). The number of hydrogen-bond donors (Lipinski definition) is 2. The van der Waals surface area contributed by atoms with E-state index < -0.39 is 29.9 Å². The van der Waals surface area contributed by atoms with E-state index in [2.05, 4.69) is 20.7 Å². The number of carbonyl (C=O) groups is 1. The predicted molar refractivity (Wildman–Crippen MR) is 66.7 cm³/mol. The van der Waals surface area contributed by atoms with Crippen LogP contribution in [0.1, 0.15) is 24.2 Å². The van der Waals surface area contributed by atoms with Crippen LogP contribution in [-0.4, -0.2) is 28.9 Å². The molecule has 2 atom stereocenters. The average molecular weight is 357 g/mol. The van der Waals surface area contributed by atoms with Crippen LogP contribution in [0.2, 0.25) is 0 Å². The van der Waals surface area contributed by atoms with Crippen LogP contribution in [0.3, 0.4) is 0 Å². The molecule has 1 aromatic carbocycles. The van der Waals surface area contributed by atoms with E-state index in [4.69, 9.17) is 0 Å². The molecule has 0 radical (unpaired) electrons. The summed E-state index contributed by atoms with van der Waals surface area (Å²) in [6.45, 7) is 1.53. The van der Waals surface area contributed by atoms with Gasteiger partial charge in [0.15, 0.2) is 6.10 Å². The molecule has 0 saturated carbocycles. The van der Waals surface area contributed by atoms with E-state index in [1.807, 2.05) is 0 Å². The van der Waals surface area contributed by atoms with E-state index in [0.29, 0.717) is 0 Å². The maximum Gasteiger partial charge on any atom is 0.416 e. The lowest BCUT2D eigenvalue weighted by atomic mass is 10.0. The van der Waals surface area contributed by atoms with Gasteiger partial charge in [0.05, 0.1) is 12.2 Å². The fraction of sp³-hybridized carbons (Fsp3) is 0.417. The van der Waals surface area contributed by atoms with E-state index in [-0.39, 0.29) is 16.6 Å². The Hall–Kier alpha value is -1.12. The number of ether oxygens (including phenoxy) is 1. The molecular weight excluding hydrogens is 345 g/mol. The van der Waals surface area contributed by atoms with E-state index in [0.717, 1.165) is 18.2 Å². The van der Waals surface area contributed by atoms with Crippen molar-refractivity contribution in [1.82, 2.24) is 0 Å². The van der Waals surface area contributed by atoms with Gasteiger partial charge in [0, 0.05) is 4.47 Å². The smallest absolute Gasteiger partial charge is 0.416 e. The van der Waals surface area contributed by atoms with Crippen LogP contribution >= 0.6 is 15.9 Å². The zero-order valence-corrected chi connectivity index (χ0v) is 11.9. The summed E-state index contributed by atoms with van der Waals surface area (Å²) < 4.78 is 41.9. The van der Waals surface area contributed by atoms with Crippen LogP contribution < -0.4 is 0 Å². The van der Waals surface area contributed by atoms with Gasteiger partial charge >= 0.3 is 12.1 Å². The lowest BCUT2D eigenvalue weighted by Crippen LogP contribution is -2.30. The number of hydrogen-bond acceptors (Lipinski definition) is 4. The molecular formula is C12H12BrF3O4. The Morgan fingerprint density at radius 1 is 1.40 bits per heavy atom. The van der Waals surface area contributed by atoms with E-state index in [9.17, 15) is 28.2 Å². The standard InChI is InChI=1S/C12H12BrF3O4/c1-2-20-11(19)10(18)9(17)7-4-3-6(5-8(7)13)12(14,15)16/h3-5,9-10,17-18H,2H2,1H3. The highest BCUT2D eigenvalue weighted by atomic mass is 79.9. The number of rotatable bonds is 4. The first-order valence-corrected chi connectivity index (χ1v) is 6.37. The van der Waals surface area contributed by atoms with Crippen LogP contribution in [0.4, 0.5) is 13.2 Å². The molecule has 112 valence electrons. The molecule has 20 heavy (non-hydrogen) atoms. The van der Waals surface area contributed by atoms with Crippen LogP contribution in [0.15, 0.2) is 22.7 Å². The van der Waals surface area contributed by atoms with Crippen molar-refractivity contribution in [2.75, 3.05) is 6.61 Å². The Morgan fingerprint density at radius 2 is 2.00 bits per heavy atom. The van der Waals surface area contributed by atoms with Crippen molar-refractivity contribution < 1.29 is 32.9 Å². The average Bonchev–Trinajstić information content (AvgIpc) is 2.36. The Bertz CT molecular complexity index is 490. The third-order valence-electron chi connectivity index (χ3n) is 2.47. The van der Waals surface area contributed by atoms with Crippen molar-refractivity contribution in [3.8, 4) is 0 Å². The summed E-state index contributed by atoms with van der Waals surface area (Å²) in [7, 11) is 0. The number of carbonyl (C=O) groups excluding carboxylic acids is 1. The summed E-state index contributed by atoms with van der Waals surface area (Å²) >= 11 is 2.87. The molecule has 0 aromatic heterocycles. The van der Waals surface area contributed by atoms with E-state index in [1.54, 1.807) is 0 Å². The Kier molecular flexibility index (Phi) is 5.55. The summed E-state index contributed by atoms with van der Waals surface area (Å²) in [4.78, 5) is 11.3. The minimum atomic E-state index is -4.52. The van der Waals surface area contributed by atoms with Crippen molar-refractivity contribution in [3.63, 3.8) is 0 Å². The van der Waals surface area contributed by atoms with E-state index >= 15 is 0 Å². The molecule has 2 N–H and O–H groups in total. The lowest BCUT2D eigenvalue weighted by molar-refractivity contribution is -0.159. The first kappa shape index (κ1) is 16.9. The largest absolute Gasteiger partial charge is 0.464 e. The topological polar surface area (TPSA) is 66.8 Å². The molecule has 0 spiro atoms. The van der Waals surface area contributed by atoms with Crippen LogP contribution in [0.5, 0.6) is 0 Å². The Balaban J connectivity index is 3.00. The van der Waals surface area contributed by atoms with Gasteiger partial charge in [0.2, 0.25) is 0 Å². The van der Waals surface area contributed by atoms with Gasteiger partial charge in [-0.05, 0) is 24.6 Å². The molecule has 0 amide bonds. The number of esters is 1. The summed E-state index contributed by atoms with van der Waals surface area (Å²) in [5.74, 6) is -1.05. The second kappa shape index (κ2) is 6.55. The van der Waals surface area contributed by atoms with Crippen LogP contribution in [0.25, 0.3) is 0 Å². The number of benzene rings is 1. The summed E-state index contributed by atoms with van der Waals surface area (Å²) in [5, 5.41) is 19.4. The Labute approximate surface area is 121 Å². The zero-order chi connectivity index (χ0) is 15.5. The third kappa shape index (κ3) is 3.94. The molecule has 0 heterocycles. The monoisotopic (exact) mass is 356 g/mol. The van der Waals surface area contributed by atoms with Crippen molar-refractivity contribution in [1.29, 1.82) is 0 Å². The van der Waals surface area contributed by atoms with Gasteiger partial charge in [-0.1, -0.05) is 22.0 Å². The first-order valence-electron chi connectivity index (χ1n) is 5.58. The summed E-state index contributed by atoms with van der Waals surface area (Å²) in [6, 6.07) is 2.50. The fourth-order valence-corrected chi connectivity index (χ4v) is 2.08. The molecule has 0 aliphatic heterocycles. The molecule has 0 bridgehead atoms. The molecule has 0 fully saturated rings. The molecule has 8 heteroatoms. The Morgan fingerprint density at radius 3 is 2.45 bits per heavy atom. The van der Waals surface area contributed by atoms with Gasteiger partial charge in [-0.3, -0.25) is 0 Å². The highest BCUT2D eigenvalue weighted by Gasteiger charge is 2.33. The van der Waals surface area contributed by atoms with Gasteiger partial charge < -0.3 is 14.9 Å². The highest BCUT2D eigenvalue weighted by Crippen LogP contribution is 2.34. The van der Waals surface area contributed by atoms with Gasteiger partial charge in [0.25, 0.3) is 0 Å². The number of alkyl halides is 3. The number of aliphatic hydroxyl groups excluding tert-OH is 2.